The first-order chi connectivity index (χ1) is 9.61. The fourth-order valence-electron chi connectivity index (χ4n) is 1.72. The number of rotatable bonds is 5. The Balaban J connectivity index is 2.16. The Morgan fingerprint density at radius 1 is 1.30 bits per heavy atom. The highest BCUT2D eigenvalue weighted by molar-refractivity contribution is 9.10. The Labute approximate surface area is 131 Å². The highest BCUT2D eigenvalue weighted by atomic mass is 79.9. The van der Waals surface area contributed by atoms with E-state index in [2.05, 4.69) is 45.0 Å². The van der Waals surface area contributed by atoms with E-state index >= 15 is 0 Å². The van der Waals surface area contributed by atoms with Gasteiger partial charge in [0.2, 0.25) is 0 Å². The summed E-state index contributed by atoms with van der Waals surface area (Å²) < 4.78 is 5.83. The zero-order valence-electron chi connectivity index (χ0n) is 11.4. The van der Waals surface area contributed by atoms with Crippen molar-refractivity contribution in [1.82, 2.24) is 9.97 Å². The van der Waals surface area contributed by atoms with Crippen LogP contribution < -0.4 is 5.73 Å². The summed E-state index contributed by atoms with van der Waals surface area (Å²) in [7, 11) is 1.63. The maximum atomic E-state index is 5.89. The van der Waals surface area contributed by atoms with E-state index in [1.807, 2.05) is 12.1 Å². The Morgan fingerprint density at radius 2 is 2.05 bits per heavy atom. The molecule has 0 amide bonds. The van der Waals surface area contributed by atoms with Crippen LogP contribution in [0.5, 0.6) is 0 Å². The molecule has 0 aliphatic rings. The third-order valence-corrected chi connectivity index (χ3v) is 4.76. The van der Waals surface area contributed by atoms with E-state index in [4.69, 9.17) is 10.5 Å². The fraction of sp³-hybridized carbons (Fsp3) is 0.286. The van der Waals surface area contributed by atoms with Gasteiger partial charge in [0.1, 0.15) is 11.6 Å². The molecule has 0 bridgehead atoms. The van der Waals surface area contributed by atoms with Crippen molar-refractivity contribution in [2.75, 3.05) is 12.8 Å². The lowest BCUT2D eigenvalue weighted by Crippen LogP contribution is -2.05. The topological polar surface area (TPSA) is 61.0 Å². The number of ether oxygens (including phenoxy) is 1. The number of hydrogen-bond acceptors (Lipinski definition) is 5. The van der Waals surface area contributed by atoms with Crippen LogP contribution in [0.4, 0.5) is 5.82 Å². The second-order valence-corrected chi connectivity index (χ2v) is 6.08. The van der Waals surface area contributed by atoms with Gasteiger partial charge in [0.25, 0.3) is 0 Å². The summed E-state index contributed by atoms with van der Waals surface area (Å²) in [5.74, 6) is 1.84. The molecule has 0 saturated heterocycles. The number of thioether (sulfide) groups is 1. The smallest absolute Gasteiger partial charge is 0.141 e. The van der Waals surface area contributed by atoms with Crippen LogP contribution in [0.1, 0.15) is 17.1 Å². The van der Waals surface area contributed by atoms with Crippen molar-refractivity contribution in [1.29, 1.82) is 0 Å². The van der Waals surface area contributed by atoms with Gasteiger partial charge in [-0.25, -0.2) is 9.97 Å². The van der Waals surface area contributed by atoms with E-state index in [1.54, 1.807) is 18.9 Å². The average Bonchev–Trinajstić information content (AvgIpc) is 2.43. The quantitative estimate of drug-likeness (QED) is 0.832. The zero-order valence-corrected chi connectivity index (χ0v) is 13.8. The van der Waals surface area contributed by atoms with Gasteiger partial charge in [-0.3, -0.25) is 0 Å². The number of aryl methyl sites for hydroxylation is 1. The third-order valence-electron chi connectivity index (χ3n) is 2.72. The number of nitrogen functional groups attached to an aromatic ring is 1. The number of benzene rings is 1. The molecule has 1 aromatic heterocycles. The molecular formula is C14H16BrN3OS. The molecule has 20 heavy (non-hydrogen) atoms. The standard InChI is InChI=1S/C14H16BrN3OS/c1-9-5-3-4-6-11(9)20-8-12-17-10(7-19-2)13(15)14(16)18-12/h3-6H,7-8H2,1-2H3,(H2,16,17,18). The molecule has 0 radical (unpaired) electrons. The lowest BCUT2D eigenvalue weighted by atomic mass is 10.2. The molecule has 0 aliphatic heterocycles. The number of nitrogens with two attached hydrogens (primary N) is 1. The van der Waals surface area contributed by atoms with Crippen LogP contribution >= 0.6 is 27.7 Å². The minimum Gasteiger partial charge on any atom is -0.383 e. The molecule has 4 nitrogen and oxygen atoms in total. The maximum Gasteiger partial charge on any atom is 0.141 e. The predicted octanol–water partition coefficient (Wildman–Crippen LogP) is 3.57. The van der Waals surface area contributed by atoms with E-state index in [-0.39, 0.29) is 0 Å². The normalized spacial score (nSPS) is 10.8. The van der Waals surface area contributed by atoms with Crippen LogP contribution in [0, 0.1) is 6.92 Å². The van der Waals surface area contributed by atoms with E-state index < -0.39 is 0 Å². The second kappa shape index (κ2) is 7.06. The van der Waals surface area contributed by atoms with E-state index in [0.717, 1.165) is 5.69 Å². The largest absolute Gasteiger partial charge is 0.383 e. The molecule has 2 aromatic rings. The van der Waals surface area contributed by atoms with Gasteiger partial charge in [0.05, 0.1) is 22.5 Å². The van der Waals surface area contributed by atoms with Crippen molar-refractivity contribution in [2.24, 2.45) is 0 Å². The van der Waals surface area contributed by atoms with Gasteiger partial charge in [0, 0.05) is 12.0 Å². The Bertz CT molecular complexity index is 607. The Kier molecular flexibility index (Phi) is 5.39. The molecule has 6 heteroatoms. The van der Waals surface area contributed by atoms with Gasteiger partial charge < -0.3 is 10.5 Å². The van der Waals surface area contributed by atoms with Crippen molar-refractivity contribution in [3.05, 3.63) is 45.8 Å². The highest BCUT2D eigenvalue weighted by Gasteiger charge is 2.10. The maximum absolute atomic E-state index is 5.89. The molecule has 0 atom stereocenters. The van der Waals surface area contributed by atoms with Gasteiger partial charge in [-0.2, -0.15) is 0 Å². The first-order valence-electron chi connectivity index (χ1n) is 6.10. The molecule has 0 aliphatic carbocycles. The van der Waals surface area contributed by atoms with Crippen molar-refractivity contribution in [2.45, 2.75) is 24.2 Å². The number of aromatic nitrogens is 2. The molecule has 106 valence electrons. The van der Waals surface area contributed by atoms with Crippen molar-refractivity contribution >= 4 is 33.5 Å². The van der Waals surface area contributed by atoms with Crippen LogP contribution in [0.3, 0.4) is 0 Å². The molecule has 0 fully saturated rings. The highest BCUT2D eigenvalue weighted by Crippen LogP contribution is 2.27. The molecular weight excluding hydrogens is 338 g/mol. The number of halogens is 1. The van der Waals surface area contributed by atoms with E-state index in [0.29, 0.717) is 28.5 Å². The molecule has 2 rings (SSSR count). The number of anilines is 1. The third kappa shape index (κ3) is 3.71. The predicted molar refractivity (Wildman–Crippen MR) is 85.6 cm³/mol. The molecule has 1 aromatic carbocycles. The summed E-state index contributed by atoms with van der Waals surface area (Å²) in [6.07, 6.45) is 0. The Morgan fingerprint density at radius 3 is 2.75 bits per heavy atom. The summed E-state index contributed by atoms with van der Waals surface area (Å²) in [4.78, 5) is 10.0. The lowest BCUT2D eigenvalue weighted by molar-refractivity contribution is 0.180. The summed E-state index contributed by atoms with van der Waals surface area (Å²) in [6.45, 7) is 2.50. The minimum atomic E-state index is 0.412. The van der Waals surface area contributed by atoms with Gasteiger partial charge in [0.15, 0.2) is 0 Å². The molecule has 2 N–H and O–H groups in total. The Hall–Kier alpha value is -1.11. The van der Waals surface area contributed by atoms with Crippen LogP contribution in [-0.2, 0) is 17.1 Å². The number of hydrogen-bond donors (Lipinski definition) is 1. The SMILES string of the molecule is COCc1nc(CSc2ccccc2C)nc(N)c1Br. The fourth-order valence-corrected chi connectivity index (χ4v) is 2.90. The minimum absolute atomic E-state index is 0.412. The van der Waals surface area contributed by atoms with Crippen LogP contribution in [0.15, 0.2) is 33.6 Å². The number of methoxy groups -OCH3 is 1. The first kappa shape index (κ1) is 15.3. The van der Waals surface area contributed by atoms with Crippen LogP contribution in [-0.4, -0.2) is 17.1 Å². The van der Waals surface area contributed by atoms with Gasteiger partial charge in [-0.15, -0.1) is 11.8 Å². The molecule has 0 saturated carbocycles. The van der Waals surface area contributed by atoms with E-state index in [9.17, 15) is 0 Å². The van der Waals surface area contributed by atoms with Crippen LogP contribution in [0.25, 0.3) is 0 Å². The van der Waals surface area contributed by atoms with E-state index in [1.165, 1.54) is 10.5 Å². The monoisotopic (exact) mass is 353 g/mol. The van der Waals surface area contributed by atoms with Crippen molar-refractivity contribution in [3.8, 4) is 0 Å². The first-order valence-corrected chi connectivity index (χ1v) is 7.87. The summed E-state index contributed by atoms with van der Waals surface area (Å²) in [5.41, 5.74) is 7.92. The summed E-state index contributed by atoms with van der Waals surface area (Å²) in [6, 6.07) is 8.25. The molecule has 0 unspecified atom stereocenters. The van der Waals surface area contributed by atoms with Gasteiger partial charge in [-0.1, -0.05) is 18.2 Å². The second-order valence-electron chi connectivity index (χ2n) is 4.27. The summed E-state index contributed by atoms with van der Waals surface area (Å²) in [5, 5.41) is 0. The molecule has 0 spiro atoms. The van der Waals surface area contributed by atoms with Crippen LogP contribution in [0.2, 0.25) is 0 Å². The average molecular weight is 354 g/mol. The van der Waals surface area contributed by atoms with Crippen molar-refractivity contribution < 1.29 is 4.74 Å². The lowest BCUT2D eigenvalue weighted by Gasteiger charge is -2.09. The van der Waals surface area contributed by atoms with Crippen molar-refractivity contribution in [3.63, 3.8) is 0 Å². The van der Waals surface area contributed by atoms with Gasteiger partial charge >= 0.3 is 0 Å². The number of nitrogens with zero attached hydrogens (tertiary/aromatic N) is 2. The zero-order chi connectivity index (χ0) is 14.5. The van der Waals surface area contributed by atoms with Gasteiger partial charge in [-0.05, 0) is 34.5 Å². The molecule has 1 heterocycles. The summed E-state index contributed by atoms with van der Waals surface area (Å²) >= 11 is 5.09.